The van der Waals surface area contributed by atoms with Crippen molar-refractivity contribution in [2.75, 3.05) is 25.3 Å². The maximum atomic E-state index is 13.2. The van der Waals surface area contributed by atoms with E-state index in [1.54, 1.807) is 17.1 Å². The lowest BCUT2D eigenvalue weighted by Crippen LogP contribution is -2.22. The second-order valence-electron chi connectivity index (χ2n) is 6.60. The van der Waals surface area contributed by atoms with Crippen molar-refractivity contribution in [3.8, 4) is 0 Å². The fourth-order valence-corrected chi connectivity index (χ4v) is 3.98. The molecule has 3 aromatic rings. The van der Waals surface area contributed by atoms with Crippen molar-refractivity contribution in [1.82, 2.24) is 19.1 Å². The first-order valence-electron chi connectivity index (χ1n) is 8.46. The van der Waals surface area contributed by atoms with Crippen molar-refractivity contribution in [3.63, 3.8) is 0 Å². The number of rotatable bonds is 3. The molecule has 0 aromatic carbocycles. The van der Waals surface area contributed by atoms with Gasteiger partial charge in [0.05, 0.1) is 11.1 Å². The molecule has 1 atom stereocenters. The molecule has 3 aromatic heterocycles. The molecule has 0 amide bonds. The average molecular weight is 367 g/mol. The van der Waals surface area contributed by atoms with Gasteiger partial charge in [0, 0.05) is 38.3 Å². The summed E-state index contributed by atoms with van der Waals surface area (Å²) in [6.07, 6.45) is 12.7. The standard InChI is InChI=1S/C19H21N5OS/c1-22(2)14-9-10-20-18-15(14)16-17(23(18)3)19(25)24(11-21-16)12-5-7-13(26-4)8-6-12/h5-7,9-11,13H,8H2,1-4H3. The molecule has 0 aliphatic heterocycles. The number of aryl methyl sites for hydroxylation is 1. The topological polar surface area (TPSA) is 56.0 Å². The summed E-state index contributed by atoms with van der Waals surface area (Å²) in [5.74, 6) is 0. The number of anilines is 1. The zero-order chi connectivity index (χ0) is 18.4. The van der Waals surface area contributed by atoms with Crippen molar-refractivity contribution in [2.24, 2.45) is 7.05 Å². The number of hydrogen-bond donors (Lipinski definition) is 0. The predicted octanol–water partition coefficient (Wildman–Crippen LogP) is 2.88. The van der Waals surface area contributed by atoms with Gasteiger partial charge < -0.3 is 9.47 Å². The van der Waals surface area contributed by atoms with Gasteiger partial charge in [-0.05, 0) is 24.8 Å². The lowest BCUT2D eigenvalue weighted by atomic mass is 10.1. The van der Waals surface area contributed by atoms with Crippen LogP contribution >= 0.6 is 11.8 Å². The van der Waals surface area contributed by atoms with Crippen LogP contribution in [-0.2, 0) is 7.05 Å². The summed E-state index contributed by atoms with van der Waals surface area (Å²) in [6, 6.07) is 1.95. The number of aromatic nitrogens is 4. The Morgan fingerprint density at radius 1 is 1.31 bits per heavy atom. The third kappa shape index (κ3) is 2.46. The summed E-state index contributed by atoms with van der Waals surface area (Å²) in [5.41, 5.74) is 3.85. The van der Waals surface area contributed by atoms with Crippen LogP contribution in [0.15, 0.2) is 41.6 Å². The smallest absolute Gasteiger partial charge is 0.282 e. The van der Waals surface area contributed by atoms with Gasteiger partial charge in [0.1, 0.15) is 23.0 Å². The van der Waals surface area contributed by atoms with Crippen LogP contribution < -0.4 is 10.5 Å². The van der Waals surface area contributed by atoms with Crippen LogP contribution in [0.2, 0.25) is 0 Å². The minimum atomic E-state index is -0.0706. The Hall–Kier alpha value is -2.54. The molecule has 0 spiro atoms. The van der Waals surface area contributed by atoms with Crippen LogP contribution in [-0.4, -0.2) is 44.7 Å². The fraction of sp³-hybridized carbons (Fsp3) is 0.316. The van der Waals surface area contributed by atoms with Crippen LogP contribution in [0, 0.1) is 0 Å². The van der Waals surface area contributed by atoms with E-state index in [1.807, 2.05) is 54.5 Å². The van der Waals surface area contributed by atoms with Gasteiger partial charge in [0.25, 0.3) is 5.56 Å². The van der Waals surface area contributed by atoms with Crippen LogP contribution in [0.3, 0.4) is 0 Å². The number of hydrogen-bond acceptors (Lipinski definition) is 5. The highest BCUT2D eigenvalue weighted by atomic mass is 32.2. The molecule has 7 heteroatoms. The molecule has 1 aliphatic rings. The molecule has 6 nitrogen and oxygen atoms in total. The van der Waals surface area contributed by atoms with Gasteiger partial charge in [-0.2, -0.15) is 11.8 Å². The molecule has 0 saturated heterocycles. The molecular weight excluding hydrogens is 346 g/mol. The molecule has 0 saturated carbocycles. The zero-order valence-corrected chi connectivity index (χ0v) is 16.1. The van der Waals surface area contributed by atoms with Gasteiger partial charge in [-0.3, -0.25) is 9.36 Å². The average Bonchev–Trinajstić information content (AvgIpc) is 2.95. The van der Waals surface area contributed by atoms with Gasteiger partial charge in [0.2, 0.25) is 0 Å². The van der Waals surface area contributed by atoms with Crippen LogP contribution in [0.1, 0.15) is 6.42 Å². The van der Waals surface area contributed by atoms with E-state index < -0.39 is 0 Å². The number of fused-ring (bicyclic) bond motifs is 3. The van der Waals surface area contributed by atoms with E-state index in [4.69, 9.17) is 0 Å². The maximum Gasteiger partial charge on any atom is 0.282 e. The quantitative estimate of drug-likeness (QED) is 0.712. The number of allylic oxidation sites excluding steroid dienone is 3. The highest BCUT2D eigenvalue weighted by Gasteiger charge is 2.20. The van der Waals surface area contributed by atoms with Crippen LogP contribution in [0.5, 0.6) is 0 Å². The number of nitrogens with zero attached hydrogens (tertiary/aromatic N) is 5. The lowest BCUT2D eigenvalue weighted by molar-refractivity contribution is 0.924. The Labute approximate surface area is 155 Å². The molecule has 0 bridgehead atoms. The number of thioether (sulfide) groups is 1. The van der Waals surface area contributed by atoms with Crippen LogP contribution in [0.25, 0.3) is 27.8 Å². The Morgan fingerprint density at radius 2 is 2.12 bits per heavy atom. The van der Waals surface area contributed by atoms with E-state index in [9.17, 15) is 4.79 Å². The molecule has 1 aliphatic carbocycles. The monoisotopic (exact) mass is 367 g/mol. The third-order valence-corrected chi connectivity index (χ3v) is 5.81. The first-order chi connectivity index (χ1) is 12.5. The molecule has 134 valence electrons. The predicted molar refractivity (Wildman–Crippen MR) is 110 cm³/mol. The molecule has 4 rings (SSSR count). The van der Waals surface area contributed by atoms with Crippen molar-refractivity contribution in [2.45, 2.75) is 11.7 Å². The van der Waals surface area contributed by atoms with Crippen molar-refractivity contribution in [3.05, 3.63) is 47.2 Å². The van der Waals surface area contributed by atoms with Crippen molar-refractivity contribution >= 4 is 45.2 Å². The highest BCUT2D eigenvalue weighted by Crippen LogP contribution is 2.31. The highest BCUT2D eigenvalue weighted by molar-refractivity contribution is 7.99. The summed E-state index contributed by atoms with van der Waals surface area (Å²) < 4.78 is 3.48. The summed E-state index contributed by atoms with van der Waals surface area (Å²) in [6.45, 7) is 0. The zero-order valence-electron chi connectivity index (χ0n) is 15.3. The molecule has 0 fully saturated rings. The molecule has 3 heterocycles. The molecular formula is C19H21N5OS. The van der Waals surface area contributed by atoms with Crippen molar-refractivity contribution < 1.29 is 0 Å². The van der Waals surface area contributed by atoms with Crippen LogP contribution in [0.4, 0.5) is 5.69 Å². The summed E-state index contributed by atoms with van der Waals surface area (Å²) in [4.78, 5) is 24.4. The van der Waals surface area contributed by atoms with E-state index in [2.05, 4.69) is 28.4 Å². The van der Waals surface area contributed by atoms with E-state index in [0.717, 1.165) is 28.8 Å². The maximum absolute atomic E-state index is 13.2. The van der Waals surface area contributed by atoms with E-state index >= 15 is 0 Å². The minimum Gasteiger partial charge on any atom is -0.377 e. The number of pyridine rings is 1. The first kappa shape index (κ1) is 16.9. The van der Waals surface area contributed by atoms with Gasteiger partial charge in [-0.1, -0.05) is 12.2 Å². The lowest BCUT2D eigenvalue weighted by Gasteiger charge is -2.15. The summed E-state index contributed by atoms with van der Waals surface area (Å²) in [7, 11) is 5.84. The van der Waals surface area contributed by atoms with Gasteiger partial charge in [-0.15, -0.1) is 0 Å². The first-order valence-corrected chi connectivity index (χ1v) is 9.75. The molecule has 0 radical (unpaired) electrons. The van der Waals surface area contributed by atoms with Crippen molar-refractivity contribution in [1.29, 1.82) is 0 Å². The largest absolute Gasteiger partial charge is 0.377 e. The summed E-state index contributed by atoms with van der Waals surface area (Å²) >= 11 is 1.81. The Bertz CT molecular complexity index is 1120. The fourth-order valence-electron chi connectivity index (χ4n) is 3.46. The Balaban J connectivity index is 1.98. The normalized spacial score (nSPS) is 17.1. The minimum absolute atomic E-state index is 0.0706. The molecule has 1 unspecified atom stereocenters. The SMILES string of the molecule is CSC1C=CC(n2cnc3c4c(N(C)C)ccnc4n(C)c3c2=O)=CC1. The second kappa shape index (κ2) is 6.32. The van der Waals surface area contributed by atoms with Gasteiger partial charge >= 0.3 is 0 Å². The van der Waals surface area contributed by atoms with E-state index in [-0.39, 0.29) is 5.56 Å². The molecule has 26 heavy (non-hydrogen) atoms. The van der Waals surface area contributed by atoms with E-state index in [0.29, 0.717) is 16.3 Å². The molecule has 0 N–H and O–H groups in total. The Kier molecular flexibility index (Phi) is 4.11. The summed E-state index contributed by atoms with van der Waals surface area (Å²) in [5, 5.41) is 1.38. The van der Waals surface area contributed by atoms with Gasteiger partial charge in [0.15, 0.2) is 0 Å². The van der Waals surface area contributed by atoms with E-state index in [1.165, 1.54) is 0 Å². The Morgan fingerprint density at radius 3 is 2.77 bits per heavy atom. The second-order valence-corrected chi connectivity index (χ2v) is 7.67. The van der Waals surface area contributed by atoms with Gasteiger partial charge in [-0.25, -0.2) is 9.97 Å². The third-order valence-electron chi connectivity index (χ3n) is 4.85.